The molecule has 5 heteroatoms. The van der Waals surface area contributed by atoms with Crippen LogP contribution in [-0.4, -0.2) is 41.6 Å². The van der Waals surface area contributed by atoms with E-state index in [0.29, 0.717) is 13.0 Å². The average molecular weight is 352 g/mol. The number of aliphatic hydroxyl groups is 1. The quantitative estimate of drug-likeness (QED) is 0.392. The molecule has 0 spiro atoms. The van der Waals surface area contributed by atoms with Crippen LogP contribution < -0.4 is 0 Å². The molecule has 100 valence electrons. The molecule has 0 heterocycles. The van der Waals surface area contributed by atoms with Gasteiger partial charge in [0.25, 0.3) is 0 Å². The summed E-state index contributed by atoms with van der Waals surface area (Å²) in [5.74, 6) is 0.813. The molecule has 0 rings (SSSR count). The SMILES string of the molecule is CCC(BBC(C)(C)OCCC(C)(C)O)CI. The van der Waals surface area contributed by atoms with E-state index in [2.05, 4.69) is 43.4 Å². The molecule has 0 saturated carbocycles. The van der Waals surface area contributed by atoms with Crippen LogP contribution >= 0.6 is 22.6 Å². The molecule has 0 fully saturated rings. The Morgan fingerprint density at radius 2 is 1.88 bits per heavy atom. The molecular weight excluding hydrogens is 325 g/mol. The standard InChI is InChI=1S/C12H27B2IO2/c1-6-10(9-15)13-14-12(4,5)17-8-7-11(2,3)16/h10,13-14,16H,6-9H2,1-5H3. The van der Waals surface area contributed by atoms with Crippen LogP contribution in [0.2, 0.25) is 5.82 Å². The highest BCUT2D eigenvalue weighted by Gasteiger charge is 2.23. The third-order valence-corrected chi connectivity index (χ3v) is 4.40. The maximum Gasteiger partial charge on any atom is 0.127 e. The van der Waals surface area contributed by atoms with Gasteiger partial charge in [0.05, 0.1) is 12.8 Å². The van der Waals surface area contributed by atoms with Crippen molar-refractivity contribution in [2.24, 2.45) is 0 Å². The predicted molar refractivity (Wildman–Crippen MR) is 88.2 cm³/mol. The van der Waals surface area contributed by atoms with E-state index in [1.165, 1.54) is 18.0 Å². The van der Waals surface area contributed by atoms with Crippen molar-refractivity contribution in [2.75, 3.05) is 11.0 Å². The van der Waals surface area contributed by atoms with Gasteiger partial charge in [0.2, 0.25) is 0 Å². The highest BCUT2D eigenvalue weighted by molar-refractivity contribution is 14.1. The molecule has 0 aliphatic heterocycles. The lowest BCUT2D eigenvalue weighted by Gasteiger charge is -2.27. The lowest BCUT2D eigenvalue weighted by Crippen LogP contribution is -2.38. The van der Waals surface area contributed by atoms with Crippen LogP contribution in [0.5, 0.6) is 0 Å². The average Bonchev–Trinajstić information content (AvgIpc) is 2.16. The summed E-state index contributed by atoms with van der Waals surface area (Å²) in [6, 6.07) is 0. The maximum absolute atomic E-state index is 9.63. The molecule has 0 aromatic carbocycles. The molecule has 0 aliphatic carbocycles. The molecule has 0 bridgehead atoms. The van der Waals surface area contributed by atoms with Gasteiger partial charge in [0, 0.05) is 12.1 Å². The molecular formula is C12H27B2IO2. The number of hydrogen-bond acceptors (Lipinski definition) is 2. The molecule has 0 aliphatic rings. The Morgan fingerprint density at radius 3 is 2.29 bits per heavy atom. The van der Waals surface area contributed by atoms with Crippen molar-refractivity contribution < 1.29 is 9.84 Å². The Bertz CT molecular complexity index is 201. The van der Waals surface area contributed by atoms with Crippen LogP contribution in [0.1, 0.15) is 47.5 Å². The zero-order valence-electron chi connectivity index (χ0n) is 12.1. The lowest BCUT2D eigenvalue weighted by molar-refractivity contribution is -0.00669. The van der Waals surface area contributed by atoms with E-state index in [0.717, 1.165) is 13.0 Å². The number of halogens is 1. The van der Waals surface area contributed by atoms with Crippen LogP contribution in [0.4, 0.5) is 0 Å². The maximum atomic E-state index is 9.63. The third kappa shape index (κ3) is 10.4. The second-order valence-electron chi connectivity index (χ2n) is 6.14. The normalized spacial score (nSPS) is 14.5. The van der Waals surface area contributed by atoms with E-state index >= 15 is 0 Å². The number of alkyl halides is 1. The van der Waals surface area contributed by atoms with E-state index < -0.39 is 5.60 Å². The van der Waals surface area contributed by atoms with Gasteiger partial charge in [-0.3, -0.25) is 0 Å². The number of rotatable bonds is 9. The Labute approximate surface area is 122 Å². The monoisotopic (exact) mass is 352 g/mol. The highest BCUT2D eigenvalue weighted by Crippen LogP contribution is 2.16. The minimum Gasteiger partial charge on any atom is -0.390 e. The summed E-state index contributed by atoms with van der Waals surface area (Å²) in [5.41, 5.74) is -0.686. The fourth-order valence-electron chi connectivity index (χ4n) is 1.59. The van der Waals surface area contributed by atoms with Crippen molar-refractivity contribution in [1.29, 1.82) is 0 Å². The molecule has 0 radical (unpaired) electrons. The first-order valence-electron chi connectivity index (χ1n) is 6.62. The van der Waals surface area contributed by atoms with Crippen molar-refractivity contribution in [3.63, 3.8) is 0 Å². The Balaban J connectivity index is 3.87. The molecule has 1 N–H and O–H groups in total. The van der Waals surface area contributed by atoms with Crippen LogP contribution in [0.3, 0.4) is 0 Å². The van der Waals surface area contributed by atoms with Gasteiger partial charge < -0.3 is 9.84 Å². The first-order chi connectivity index (χ1) is 7.70. The number of hydrogen-bond donors (Lipinski definition) is 1. The van der Waals surface area contributed by atoms with Gasteiger partial charge in [-0.2, -0.15) is 0 Å². The summed E-state index contributed by atoms with van der Waals surface area (Å²) in [4.78, 5) is 0. The topological polar surface area (TPSA) is 29.5 Å². The molecule has 0 aromatic heterocycles. The molecule has 2 nitrogen and oxygen atoms in total. The van der Waals surface area contributed by atoms with E-state index in [4.69, 9.17) is 4.74 Å². The minimum atomic E-state index is -0.621. The van der Waals surface area contributed by atoms with Crippen LogP contribution in [0, 0.1) is 0 Å². The van der Waals surface area contributed by atoms with Gasteiger partial charge in [-0.15, -0.1) is 0 Å². The van der Waals surface area contributed by atoms with Crippen molar-refractivity contribution in [1.82, 2.24) is 0 Å². The molecule has 0 aromatic rings. The first kappa shape index (κ1) is 17.8. The van der Waals surface area contributed by atoms with Gasteiger partial charge in [-0.1, -0.05) is 41.8 Å². The summed E-state index contributed by atoms with van der Waals surface area (Å²) >= 11 is 2.47. The summed E-state index contributed by atoms with van der Waals surface area (Å²) in [6.07, 6.45) is 1.95. The second-order valence-corrected chi connectivity index (χ2v) is 7.02. The molecule has 17 heavy (non-hydrogen) atoms. The number of ether oxygens (including phenoxy) is 1. The van der Waals surface area contributed by atoms with Gasteiger partial charge in [0.1, 0.15) is 7.17 Å². The zero-order valence-corrected chi connectivity index (χ0v) is 14.2. The van der Waals surface area contributed by atoms with Gasteiger partial charge in [-0.05, 0) is 38.5 Å². The zero-order chi connectivity index (χ0) is 13.5. The van der Waals surface area contributed by atoms with Crippen LogP contribution in [0.25, 0.3) is 0 Å². The van der Waals surface area contributed by atoms with E-state index in [9.17, 15) is 5.11 Å². The lowest BCUT2D eigenvalue weighted by atomic mass is 9.28. The minimum absolute atomic E-state index is 0.0650. The Morgan fingerprint density at radius 1 is 1.29 bits per heavy atom. The molecule has 0 amide bonds. The van der Waals surface area contributed by atoms with E-state index in [1.807, 2.05) is 13.8 Å². The second kappa shape index (κ2) is 8.05. The predicted octanol–water partition coefficient (Wildman–Crippen LogP) is 2.32. The Kier molecular flexibility index (Phi) is 8.42. The summed E-state index contributed by atoms with van der Waals surface area (Å²) in [7, 11) is 2.33. The fraction of sp³-hybridized carbons (Fsp3) is 1.00. The van der Waals surface area contributed by atoms with Crippen molar-refractivity contribution in [2.45, 2.75) is 64.4 Å². The summed E-state index contributed by atoms with van der Waals surface area (Å²) in [6.45, 7) is 10.8. The van der Waals surface area contributed by atoms with Gasteiger partial charge >= 0.3 is 0 Å². The van der Waals surface area contributed by atoms with Gasteiger partial charge in [-0.25, -0.2) is 0 Å². The van der Waals surface area contributed by atoms with Crippen LogP contribution in [0.15, 0.2) is 0 Å². The van der Waals surface area contributed by atoms with Crippen LogP contribution in [-0.2, 0) is 4.74 Å². The van der Waals surface area contributed by atoms with Gasteiger partial charge in [0.15, 0.2) is 0 Å². The highest BCUT2D eigenvalue weighted by atomic mass is 127. The van der Waals surface area contributed by atoms with E-state index in [-0.39, 0.29) is 5.50 Å². The van der Waals surface area contributed by atoms with Crippen molar-refractivity contribution in [3.05, 3.63) is 0 Å². The Hall–Kier alpha value is 0.780. The molecule has 1 atom stereocenters. The fourth-order valence-corrected chi connectivity index (χ4v) is 2.65. The van der Waals surface area contributed by atoms with E-state index in [1.54, 1.807) is 0 Å². The van der Waals surface area contributed by atoms with Crippen molar-refractivity contribution >= 4 is 36.9 Å². The van der Waals surface area contributed by atoms with Crippen molar-refractivity contribution in [3.8, 4) is 0 Å². The summed E-state index contributed by atoms with van der Waals surface area (Å²) < 4.78 is 7.11. The first-order valence-corrected chi connectivity index (χ1v) is 8.15. The molecule has 1 unspecified atom stereocenters. The summed E-state index contributed by atoms with van der Waals surface area (Å²) in [5, 5.41) is 9.63. The molecule has 0 saturated heterocycles. The third-order valence-electron chi connectivity index (χ3n) is 3.16. The smallest absolute Gasteiger partial charge is 0.127 e. The largest absolute Gasteiger partial charge is 0.390 e.